The first-order valence-electron chi connectivity index (χ1n) is 11.9. The highest BCUT2D eigenvalue weighted by Crippen LogP contribution is 2.31. The number of aliphatic carboxylic acids is 1. The average molecular weight is 457 g/mol. The van der Waals surface area contributed by atoms with Gasteiger partial charge in [0.15, 0.2) is 0 Å². The minimum absolute atomic E-state index is 0.0271. The Hall–Kier alpha value is -3.60. The standard InChI is InChI=1S/C29H32N2O3/c1-30(2)25-16-15-22-11-7-12-24(27(22)19-25)20-31(29(34)23-9-4-3-5-10-23)26-13-6-8-21(18-26)14-17-28(32)33/h6-8,11-19,23H,3-5,9-10,20H2,1-2H3,(H,32,33). The van der Waals surface area contributed by atoms with E-state index >= 15 is 0 Å². The van der Waals surface area contributed by atoms with Gasteiger partial charge >= 0.3 is 5.97 Å². The predicted octanol–water partition coefficient (Wildman–Crippen LogP) is 6.12. The van der Waals surface area contributed by atoms with Crippen LogP contribution in [0.2, 0.25) is 0 Å². The van der Waals surface area contributed by atoms with Gasteiger partial charge < -0.3 is 14.9 Å². The maximum absolute atomic E-state index is 13.8. The Morgan fingerprint density at radius 3 is 2.44 bits per heavy atom. The van der Waals surface area contributed by atoms with Gasteiger partial charge in [0.1, 0.15) is 0 Å². The molecule has 1 fully saturated rings. The number of amides is 1. The van der Waals surface area contributed by atoms with Gasteiger partial charge in [0, 0.05) is 37.5 Å². The molecule has 0 radical (unpaired) electrons. The first kappa shape index (κ1) is 23.6. The first-order valence-corrected chi connectivity index (χ1v) is 11.9. The summed E-state index contributed by atoms with van der Waals surface area (Å²) in [7, 11) is 4.05. The van der Waals surface area contributed by atoms with Crippen LogP contribution in [-0.4, -0.2) is 31.1 Å². The van der Waals surface area contributed by atoms with E-state index in [4.69, 9.17) is 5.11 Å². The van der Waals surface area contributed by atoms with E-state index in [1.54, 1.807) is 6.08 Å². The third-order valence-electron chi connectivity index (χ3n) is 6.62. The molecule has 1 aliphatic rings. The van der Waals surface area contributed by atoms with Crippen LogP contribution in [0.5, 0.6) is 0 Å². The number of benzene rings is 3. The van der Waals surface area contributed by atoms with Gasteiger partial charge in [0.05, 0.1) is 6.54 Å². The lowest BCUT2D eigenvalue weighted by atomic mass is 9.88. The lowest BCUT2D eigenvalue weighted by molar-refractivity contribution is -0.131. The minimum Gasteiger partial charge on any atom is -0.478 e. The molecule has 176 valence electrons. The highest BCUT2D eigenvalue weighted by Gasteiger charge is 2.27. The summed E-state index contributed by atoms with van der Waals surface area (Å²) in [6.45, 7) is 0.468. The number of rotatable bonds is 7. The van der Waals surface area contributed by atoms with Crippen LogP contribution >= 0.6 is 0 Å². The van der Waals surface area contributed by atoms with E-state index in [-0.39, 0.29) is 11.8 Å². The molecule has 0 aliphatic heterocycles. The van der Waals surface area contributed by atoms with Crippen molar-refractivity contribution in [3.63, 3.8) is 0 Å². The molecule has 5 heteroatoms. The summed E-state index contributed by atoms with van der Waals surface area (Å²) in [4.78, 5) is 28.8. The van der Waals surface area contributed by atoms with Crippen LogP contribution in [-0.2, 0) is 16.1 Å². The zero-order valence-corrected chi connectivity index (χ0v) is 19.9. The van der Waals surface area contributed by atoms with E-state index in [0.717, 1.165) is 65.0 Å². The second-order valence-corrected chi connectivity index (χ2v) is 9.24. The SMILES string of the molecule is CN(C)c1ccc2cccc(CN(C(=O)C3CCCCC3)c3cccc(C=CC(=O)O)c3)c2c1. The van der Waals surface area contributed by atoms with Gasteiger partial charge in [0.2, 0.25) is 5.91 Å². The number of carboxylic acid groups (broad SMARTS) is 1. The van der Waals surface area contributed by atoms with Crippen LogP contribution in [0, 0.1) is 5.92 Å². The molecule has 3 aromatic carbocycles. The number of anilines is 2. The highest BCUT2D eigenvalue weighted by molar-refractivity contribution is 5.97. The van der Waals surface area contributed by atoms with E-state index < -0.39 is 5.97 Å². The summed E-state index contributed by atoms with van der Waals surface area (Å²) in [5, 5.41) is 11.3. The molecule has 4 rings (SSSR count). The minimum atomic E-state index is -0.993. The molecule has 0 heterocycles. The predicted molar refractivity (Wildman–Crippen MR) is 139 cm³/mol. The number of fused-ring (bicyclic) bond motifs is 1. The Morgan fingerprint density at radius 2 is 1.71 bits per heavy atom. The van der Waals surface area contributed by atoms with Crippen molar-refractivity contribution in [2.45, 2.75) is 38.6 Å². The molecule has 0 unspecified atom stereocenters. The van der Waals surface area contributed by atoms with Gasteiger partial charge in [-0.05, 0) is 65.1 Å². The number of carboxylic acids is 1. The van der Waals surface area contributed by atoms with Gasteiger partial charge in [-0.15, -0.1) is 0 Å². The van der Waals surface area contributed by atoms with Gasteiger partial charge in [-0.25, -0.2) is 4.79 Å². The molecule has 5 nitrogen and oxygen atoms in total. The molecule has 0 bridgehead atoms. The second-order valence-electron chi connectivity index (χ2n) is 9.24. The van der Waals surface area contributed by atoms with Crippen molar-refractivity contribution in [1.29, 1.82) is 0 Å². The Morgan fingerprint density at radius 1 is 0.941 bits per heavy atom. The van der Waals surface area contributed by atoms with Crippen LogP contribution in [0.1, 0.15) is 43.2 Å². The summed E-state index contributed by atoms with van der Waals surface area (Å²) in [5.41, 5.74) is 3.76. The van der Waals surface area contributed by atoms with Gasteiger partial charge in [0.25, 0.3) is 0 Å². The fourth-order valence-electron chi connectivity index (χ4n) is 4.74. The third kappa shape index (κ3) is 5.48. The van der Waals surface area contributed by atoms with E-state index in [1.807, 2.05) is 49.3 Å². The zero-order chi connectivity index (χ0) is 24.1. The Kier molecular flexibility index (Phi) is 7.31. The number of carbonyl (C=O) groups excluding carboxylic acids is 1. The van der Waals surface area contributed by atoms with Crippen molar-refractivity contribution in [3.05, 3.63) is 77.9 Å². The lowest BCUT2D eigenvalue weighted by Gasteiger charge is -2.30. The van der Waals surface area contributed by atoms with Crippen LogP contribution in [0.15, 0.2) is 66.7 Å². The van der Waals surface area contributed by atoms with Crippen LogP contribution in [0.3, 0.4) is 0 Å². The second kappa shape index (κ2) is 10.6. The zero-order valence-electron chi connectivity index (χ0n) is 19.9. The van der Waals surface area contributed by atoms with Crippen LogP contribution in [0.4, 0.5) is 11.4 Å². The topological polar surface area (TPSA) is 60.9 Å². The largest absolute Gasteiger partial charge is 0.478 e. The van der Waals surface area contributed by atoms with Gasteiger partial charge in [-0.2, -0.15) is 0 Å². The molecule has 0 spiro atoms. The highest BCUT2D eigenvalue weighted by atomic mass is 16.4. The molecule has 1 aliphatic carbocycles. The average Bonchev–Trinajstić information content (AvgIpc) is 2.86. The smallest absolute Gasteiger partial charge is 0.328 e. The molecule has 1 N–H and O–H groups in total. The summed E-state index contributed by atoms with van der Waals surface area (Å²) in [5.74, 6) is -0.813. The van der Waals surface area contributed by atoms with Crippen LogP contribution < -0.4 is 9.80 Å². The summed E-state index contributed by atoms with van der Waals surface area (Å²) >= 11 is 0. The number of nitrogens with zero attached hydrogens (tertiary/aromatic N) is 2. The van der Waals surface area contributed by atoms with Crippen molar-refractivity contribution in [1.82, 2.24) is 0 Å². The van der Waals surface area contributed by atoms with Crippen LogP contribution in [0.25, 0.3) is 16.8 Å². The monoisotopic (exact) mass is 456 g/mol. The molecule has 0 atom stereocenters. The molecular formula is C29H32N2O3. The van der Waals surface area contributed by atoms with Crippen molar-refractivity contribution in [2.75, 3.05) is 23.9 Å². The third-order valence-corrected chi connectivity index (χ3v) is 6.62. The molecule has 34 heavy (non-hydrogen) atoms. The number of hydrogen-bond acceptors (Lipinski definition) is 3. The fraction of sp³-hybridized carbons (Fsp3) is 0.310. The van der Waals surface area contributed by atoms with Gasteiger partial charge in [-0.1, -0.05) is 55.7 Å². The number of hydrogen-bond donors (Lipinski definition) is 1. The van der Waals surface area contributed by atoms with E-state index in [1.165, 1.54) is 6.42 Å². The maximum atomic E-state index is 13.8. The Balaban J connectivity index is 1.75. The maximum Gasteiger partial charge on any atom is 0.328 e. The van der Waals surface area contributed by atoms with E-state index in [0.29, 0.717) is 6.54 Å². The summed E-state index contributed by atoms with van der Waals surface area (Å²) < 4.78 is 0. The molecule has 1 saturated carbocycles. The Bertz CT molecular complexity index is 1210. The van der Waals surface area contributed by atoms with Crippen molar-refractivity contribution in [2.24, 2.45) is 5.92 Å². The Labute approximate surface area is 201 Å². The van der Waals surface area contributed by atoms with Gasteiger partial charge in [-0.3, -0.25) is 4.79 Å². The van der Waals surface area contributed by atoms with Crippen molar-refractivity contribution < 1.29 is 14.7 Å². The van der Waals surface area contributed by atoms with E-state index in [9.17, 15) is 9.59 Å². The number of carbonyl (C=O) groups is 2. The summed E-state index contributed by atoms with van der Waals surface area (Å²) in [6, 6.07) is 20.2. The van der Waals surface area contributed by atoms with Crippen molar-refractivity contribution >= 4 is 40.1 Å². The summed E-state index contributed by atoms with van der Waals surface area (Å²) in [6.07, 6.45) is 7.91. The molecule has 3 aromatic rings. The first-order chi connectivity index (χ1) is 16.4. The quantitative estimate of drug-likeness (QED) is 0.435. The molecular weight excluding hydrogens is 424 g/mol. The molecule has 1 amide bonds. The fourth-order valence-corrected chi connectivity index (χ4v) is 4.74. The molecule has 0 aromatic heterocycles. The van der Waals surface area contributed by atoms with Crippen molar-refractivity contribution in [3.8, 4) is 0 Å². The lowest BCUT2D eigenvalue weighted by Crippen LogP contribution is -2.36. The molecule has 0 saturated heterocycles. The normalized spacial score (nSPS) is 14.4. The van der Waals surface area contributed by atoms with E-state index in [2.05, 4.69) is 35.2 Å².